The van der Waals surface area contributed by atoms with Gasteiger partial charge in [0.2, 0.25) is 0 Å². The van der Waals surface area contributed by atoms with E-state index in [-0.39, 0.29) is 24.4 Å². The first-order valence-corrected chi connectivity index (χ1v) is 8.82. The minimum absolute atomic E-state index is 0.0692. The summed E-state index contributed by atoms with van der Waals surface area (Å²) >= 11 is 5.95. The van der Waals surface area contributed by atoms with Crippen LogP contribution in [0, 0.1) is 0 Å². The van der Waals surface area contributed by atoms with Crippen LogP contribution in [0.5, 0.6) is 5.75 Å². The second-order valence-corrected chi connectivity index (χ2v) is 6.41. The zero-order chi connectivity index (χ0) is 18.2. The summed E-state index contributed by atoms with van der Waals surface area (Å²) in [5.74, 6) is 0.673. The molecule has 1 aromatic rings. The highest BCUT2D eigenvalue weighted by molar-refractivity contribution is 6.30. The molecule has 1 aromatic carbocycles. The first kappa shape index (κ1) is 19.7. The van der Waals surface area contributed by atoms with E-state index in [1.54, 1.807) is 6.07 Å². The highest BCUT2D eigenvalue weighted by atomic mass is 35.5. The van der Waals surface area contributed by atoms with E-state index < -0.39 is 6.61 Å². The number of aliphatic imine (C=N–C) groups is 1. The molecule has 0 radical (unpaired) electrons. The Labute approximate surface area is 151 Å². The Morgan fingerprint density at radius 2 is 2.08 bits per heavy atom. The fourth-order valence-corrected chi connectivity index (χ4v) is 2.97. The van der Waals surface area contributed by atoms with Gasteiger partial charge >= 0.3 is 6.61 Å². The summed E-state index contributed by atoms with van der Waals surface area (Å²) in [6.45, 7) is -0.110. The highest BCUT2D eigenvalue weighted by Crippen LogP contribution is 2.25. The van der Waals surface area contributed by atoms with Crippen molar-refractivity contribution in [3.8, 4) is 5.75 Å². The molecule has 140 valence electrons. The standard InChI is InChI=1S/C17H24ClF2N3O2/c1-2-21-17(23-13-4-6-14(24)7-5-13)22-10-11-9-12(18)3-8-15(11)25-16(19)20/h3,8-9,13-14,16,24H,2,4-7,10H2,1H3,(H2,21,22,23). The van der Waals surface area contributed by atoms with Crippen LogP contribution in [-0.4, -0.2) is 36.4 Å². The number of rotatable bonds is 6. The minimum atomic E-state index is -2.90. The van der Waals surface area contributed by atoms with E-state index in [0.29, 0.717) is 23.1 Å². The van der Waals surface area contributed by atoms with E-state index in [2.05, 4.69) is 20.4 Å². The molecule has 1 fully saturated rings. The number of halogens is 3. The van der Waals surface area contributed by atoms with Crippen LogP contribution in [0.1, 0.15) is 38.2 Å². The van der Waals surface area contributed by atoms with E-state index in [1.807, 2.05) is 6.92 Å². The number of nitrogens with zero attached hydrogens (tertiary/aromatic N) is 1. The van der Waals surface area contributed by atoms with Gasteiger partial charge < -0.3 is 20.5 Å². The predicted octanol–water partition coefficient (Wildman–Crippen LogP) is 3.30. The normalized spacial score (nSPS) is 21.3. The average Bonchev–Trinajstić information content (AvgIpc) is 2.56. The average molecular weight is 376 g/mol. The molecule has 0 atom stereocenters. The summed E-state index contributed by atoms with van der Waals surface area (Å²) in [4.78, 5) is 4.45. The lowest BCUT2D eigenvalue weighted by atomic mass is 9.93. The van der Waals surface area contributed by atoms with Crippen molar-refractivity contribution < 1.29 is 18.6 Å². The summed E-state index contributed by atoms with van der Waals surface area (Å²) in [7, 11) is 0. The van der Waals surface area contributed by atoms with Gasteiger partial charge in [-0.15, -0.1) is 0 Å². The summed E-state index contributed by atoms with van der Waals surface area (Å²) in [5, 5.41) is 16.5. The Hall–Kier alpha value is -1.60. The smallest absolute Gasteiger partial charge is 0.387 e. The number of guanidine groups is 1. The lowest BCUT2D eigenvalue weighted by Gasteiger charge is -2.27. The molecule has 8 heteroatoms. The third-order valence-electron chi connectivity index (χ3n) is 4.03. The molecule has 0 spiro atoms. The lowest BCUT2D eigenvalue weighted by molar-refractivity contribution is -0.0504. The number of hydrogen-bond acceptors (Lipinski definition) is 3. The first-order chi connectivity index (χ1) is 12.0. The number of ether oxygens (including phenoxy) is 1. The van der Waals surface area contributed by atoms with E-state index >= 15 is 0 Å². The molecule has 0 amide bonds. The van der Waals surface area contributed by atoms with Gasteiger partial charge in [-0.3, -0.25) is 0 Å². The molecule has 1 aliphatic rings. The summed E-state index contributed by atoms with van der Waals surface area (Å²) < 4.78 is 29.6. The van der Waals surface area contributed by atoms with Gasteiger partial charge in [0.25, 0.3) is 0 Å². The summed E-state index contributed by atoms with van der Waals surface area (Å²) in [6, 6.07) is 4.73. The van der Waals surface area contributed by atoms with Gasteiger partial charge in [-0.05, 0) is 50.8 Å². The van der Waals surface area contributed by atoms with Gasteiger partial charge in [-0.25, -0.2) is 4.99 Å². The second kappa shape index (κ2) is 9.77. The zero-order valence-electron chi connectivity index (χ0n) is 14.1. The van der Waals surface area contributed by atoms with Gasteiger partial charge in [0, 0.05) is 23.2 Å². The predicted molar refractivity (Wildman–Crippen MR) is 94.3 cm³/mol. The topological polar surface area (TPSA) is 65.9 Å². The summed E-state index contributed by atoms with van der Waals surface area (Å²) in [5.41, 5.74) is 0.490. The maximum Gasteiger partial charge on any atom is 0.387 e. The van der Waals surface area contributed by atoms with Gasteiger partial charge in [0.15, 0.2) is 5.96 Å². The maximum absolute atomic E-state index is 12.5. The monoisotopic (exact) mass is 375 g/mol. The van der Waals surface area contributed by atoms with Gasteiger partial charge in [-0.1, -0.05) is 11.6 Å². The first-order valence-electron chi connectivity index (χ1n) is 8.44. The van der Waals surface area contributed by atoms with Crippen LogP contribution < -0.4 is 15.4 Å². The third kappa shape index (κ3) is 6.66. The van der Waals surface area contributed by atoms with Crippen LogP contribution in [-0.2, 0) is 6.54 Å². The molecule has 0 aromatic heterocycles. The molecule has 5 nitrogen and oxygen atoms in total. The van der Waals surface area contributed by atoms with Crippen LogP contribution >= 0.6 is 11.6 Å². The van der Waals surface area contributed by atoms with E-state index in [1.165, 1.54) is 12.1 Å². The number of benzene rings is 1. The Balaban J connectivity index is 2.06. The molecular formula is C17H24ClF2N3O2. The van der Waals surface area contributed by atoms with Crippen molar-refractivity contribution in [2.45, 2.75) is 57.9 Å². The fourth-order valence-electron chi connectivity index (χ4n) is 2.78. The van der Waals surface area contributed by atoms with Crippen LogP contribution in [0.25, 0.3) is 0 Å². The van der Waals surface area contributed by atoms with Crippen molar-refractivity contribution in [1.29, 1.82) is 0 Å². The summed E-state index contributed by atoms with van der Waals surface area (Å²) in [6.07, 6.45) is 3.03. The fraction of sp³-hybridized carbons (Fsp3) is 0.588. The van der Waals surface area contributed by atoms with Crippen LogP contribution in [0.4, 0.5) is 8.78 Å². The molecule has 25 heavy (non-hydrogen) atoms. The highest BCUT2D eigenvalue weighted by Gasteiger charge is 2.20. The van der Waals surface area contributed by atoms with Crippen molar-refractivity contribution in [3.63, 3.8) is 0 Å². The van der Waals surface area contributed by atoms with E-state index in [4.69, 9.17) is 11.6 Å². The molecule has 0 unspecified atom stereocenters. The van der Waals surface area contributed by atoms with Crippen molar-refractivity contribution in [2.24, 2.45) is 4.99 Å². The molecule has 1 saturated carbocycles. The van der Waals surface area contributed by atoms with Crippen molar-refractivity contribution in [2.75, 3.05) is 6.54 Å². The maximum atomic E-state index is 12.5. The molecule has 0 saturated heterocycles. The Kier molecular flexibility index (Phi) is 7.71. The molecular weight excluding hydrogens is 352 g/mol. The van der Waals surface area contributed by atoms with Crippen LogP contribution in [0.2, 0.25) is 5.02 Å². The number of nitrogens with one attached hydrogen (secondary N) is 2. The molecule has 0 heterocycles. The molecule has 1 aliphatic carbocycles. The van der Waals surface area contributed by atoms with Crippen molar-refractivity contribution in [3.05, 3.63) is 28.8 Å². The molecule has 0 aliphatic heterocycles. The number of alkyl halides is 2. The lowest BCUT2D eigenvalue weighted by Crippen LogP contribution is -2.45. The Morgan fingerprint density at radius 1 is 1.36 bits per heavy atom. The van der Waals surface area contributed by atoms with Crippen molar-refractivity contribution >= 4 is 17.6 Å². The second-order valence-electron chi connectivity index (χ2n) is 5.98. The van der Waals surface area contributed by atoms with Gasteiger partial charge in [-0.2, -0.15) is 8.78 Å². The third-order valence-corrected chi connectivity index (χ3v) is 4.26. The minimum Gasteiger partial charge on any atom is -0.434 e. The van der Waals surface area contributed by atoms with Crippen LogP contribution in [0.15, 0.2) is 23.2 Å². The number of aliphatic hydroxyl groups excluding tert-OH is 1. The van der Waals surface area contributed by atoms with Gasteiger partial charge in [0.05, 0.1) is 12.6 Å². The number of aliphatic hydroxyl groups is 1. The number of hydrogen-bond donors (Lipinski definition) is 3. The van der Waals surface area contributed by atoms with Gasteiger partial charge in [0.1, 0.15) is 5.75 Å². The van der Waals surface area contributed by atoms with Crippen LogP contribution in [0.3, 0.4) is 0 Å². The van der Waals surface area contributed by atoms with E-state index in [0.717, 1.165) is 25.7 Å². The Morgan fingerprint density at radius 3 is 2.72 bits per heavy atom. The quantitative estimate of drug-likeness (QED) is 0.527. The van der Waals surface area contributed by atoms with Crippen molar-refractivity contribution in [1.82, 2.24) is 10.6 Å². The molecule has 3 N–H and O–H groups in total. The van der Waals surface area contributed by atoms with E-state index in [9.17, 15) is 13.9 Å². The molecule has 0 bridgehead atoms. The SMILES string of the molecule is CCNC(=NCc1cc(Cl)ccc1OC(F)F)NC1CCC(O)CC1. The molecule has 2 rings (SSSR count). The Bertz CT molecular complexity index is 579. The zero-order valence-corrected chi connectivity index (χ0v) is 14.9. The largest absolute Gasteiger partial charge is 0.434 e.